The summed E-state index contributed by atoms with van der Waals surface area (Å²) in [6.07, 6.45) is 2.06. The number of amidine groups is 1. The summed E-state index contributed by atoms with van der Waals surface area (Å²) in [6, 6.07) is 1.70. The third-order valence-electron chi connectivity index (χ3n) is 2.97. The molecule has 17 heavy (non-hydrogen) atoms. The van der Waals surface area contributed by atoms with E-state index in [1.807, 2.05) is 16.8 Å². The number of carbonyl (C=O) groups is 1. The lowest BCUT2D eigenvalue weighted by Crippen LogP contribution is -2.44. The Morgan fingerprint density at radius 1 is 1.71 bits per heavy atom. The van der Waals surface area contributed by atoms with Crippen molar-refractivity contribution >= 4 is 23.1 Å². The number of amides is 1. The van der Waals surface area contributed by atoms with E-state index in [1.165, 1.54) is 0 Å². The molecule has 3 N–H and O–H groups in total. The maximum atomic E-state index is 12.1. The van der Waals surface area contributed by atoms with Gasteiger partial charge in [0.05, 0.1) is 12.5 Å². The zero-order valence-corrected chi connectivity index (χ0v) is 10.2. The molecule has 0 spiro atoms. The van der Waals surface area contributed by atoms with Crippen LogP contribution in [0, 0.1) is 0 Å². The highest BCUT2D eigenvalue weighted by atomic mass is 32.1. The van der Waals surface area contributed by atoms with E-state index in [2.05, 4.69) is 5.16 Å². The van der Waals surface area contributed by atoms with Gasteiger partial charge in [-0.3, -0.25) is 4.79 Å². The summed E-state index contributed by atoms with van der Waals surface area (Å²) < 4.78 is 0. The Morgan fingerprint density at radius 2 is 2.53 bits per heavy atom. The van der Waals surface area contributed by atoms with Gasteiger partial charge in [-0.25, -0.2) is 0 Å². The maximum Gasteiger partial charge on any atom is 0.227 e. The van der Waals surface area contributed by atoms with E-state index in [0.29, 0.717) is 13.0 Å². The van der Waals surface area contributed by atoms with Gasteiger partial charge in [0, 0.05) is 6.54 Å². The first-order chi connectivity index (χ1) is 8.22. The Kier molecular flexibility index (Phi) is 3.63. The van der Waals surface area contributed by atoms with Crippen molar-refractivity contribution in [2.45, 2.75) is 25.3 Å². The zero-order chi connectivity index (χ0) is 12.3. The summed E-state index contributed by atoms with van der Waals surface area (Å²) in [4.78, 5) is 13.8. The van der Waals surface area contributed by atoms with Crippen molar-refractivity contribution in [2.24, 2.45) is 10.9 Å². The van der Waals surface area contributed by atoms with Gasteiger partial charge in [-0.1, -0.05) is 5.16 Å². The van der Waals surface area contributed by atoms with Crippen LogP contribution in [0.3, 0.4) is 0 Å². The first-order valence-electron chi connectivity index (χ1n) is 5.50. The smallest absolute Gasteiger partial charge is 0.227 e. The first-order valence-corrected chi connectivity index (χ1v) is 6.44. The maximum absolute atomic E-state index is 12.1. The van der Waals surface area contributed by atoms with Gasteiger partial charge >= 0.3 is 0 Å². The van der Waals surface area contributed by atoms with E-state index in [9.17, 15) is 4.79 Å². The summed E-state index contributed by atoms with van der Waals surface area (Å²) in [6.45, 7) is 0.684. The lowest BCUT2D eigenvalue weighted by molar-refractivity contribution is -0.130. The first kappa shape index (κ1) is 11.9. The second-order valence-electron chi connectivity index (χ2n) is 4.08. The number of nitrogens with zero attached hydrogens (tertiary/aromatic N) is 2. The van der Waals surface area contributed by atoms with E-state index < -0.39 is 0 Å². The van der Waals surface area contributed by atoms with Crippen molar-refractivity contribution in [3.8, 4) is 0 Å². The molecular formula is C11H15N3O2S. The molecule has 1 amide bonds. The van der Waals surface area contributed by atoms with Gasteiger partial charge in [-0.05, 0) is 35.2 Å². The fourth-order valence-corrected chi connectivity index (χ4v) is 2.78. The molecule has 1 aromatic heterocycles. The number of likely N-dealkylation sites (tertiary alicyclic amines) is 1. The Bertz CT molecular complexity index is 416. The van der Waals surface area contributed by atoms with Crippen molar-refractivity contribution in [2.75, 3.05) is 6.54 Å². The summed E-state index contributed by atoms with van der Waals surface area (Å²) in [7, 11) is 0. The third kappa shape index (κ3) is 2.58. The molecule has 0 aromatic carbocycles. The number of hydrogen-bond donors (Lipinski definition) is 2. The van der Waals surface area contributed by atoms with Gasteiger partial charge in [0.15, 0.2) is 5.84 Å². The molecule has 92 valence electrons. The number of oxime groups is 1. The fraction of sp³-hybridized carbons (Fsp3) is 0.455. The molecule has 0 bridgehead atoms. The van der Waals surface area contributed by atoms with E-state index in [4.69, 9.17) is 10.9 Å². The van der Waals surface area contributed by atoms with Crippen molar-refractivity contribution in [1.82, 2.24) is 4.90 Å². The molecule has 1 fully saturated rings. The van der Waals surface area contributed by atoms with Gasteiger partial charge in [-0.15, -0.1) is 0 Å². The minimum atomic E-state index is -0.244. The predicted molar refractivity (Wildman–Crippen MR) is 66.2 cm³/mol. The summed E-state index contributed by atoms with van der Waals surface area (Å²) in [5.41, 5.74) is 6.61. The van der Waals surface area contributed by atoms with Gasteiger partial charge in [0.2, 0.25) is 5.91 Å². The Labute approximate surface area is 104 Å². The van der Waals surface area contributed by atoms with Crippen LogP contribution in [0.1, 0.15) is 18.4 Å². The Balaban J connectivity index is 2.03. The number of thiophene rings is 1. The highest BCUT2D eigenvalue weighted by molar-refractivity contribution is 7.07. The molecule has 1 unspecified atom stereocenters. The van der Waals surface area contributed by atoms with Crippen molar-refractivity contribution < 1.29 is 10.0 Å². The molecule has 2 heterocycles. The van der Waals surface area contributed by atoms with E-state index >= 15 is 0 Å². The molecule has 2 rings (SSSR count). The molecule has 1 aromatic rings. The normalized spacial score (nSPS) is 20.8. The highest BCUT2D eigenvalue weighted by Crippen LogP contribution is 2.19. The number of carbonyl (C=O) groups excluding carboxylic acids is 1. The van der Waals surface area contributed by atoms with Gasteiger partial charge < -0.3 is 15.8 Å². The molecule has 1 aliphatic rings. The quantitative estimate of drug-likeness (QED) is 0.365. The molecule has 0 aliphatic carbocycles. The largest absolute Gasteiger partial charge is 0.409 e. The number of rotatable bonds is 3. The average molecular weight is 253 g/mol. The van der Waals surface area contributed by atoms with Crippen LogP contribution < -0.4 is 5.73 Å². The topological polar surface area (TPSA) is 78.9 Å². The average Bonchev–Trinajstić information content (AvgIpc) is 2.97. The van der Waals surface area contributed by atoms with Crippen LogP contribution in [0.2, 0.25) is 0 Å². The van der Waals surface area contributed by atoms with Crippen LogP contribution >= 0.6 is 11.3 Å². The van der Waals surface area contributed by atoms with Crippen LogP contribution in [0.25, 0.3) is 0 Å². The number of nitrogens with two attached hydrogens (primary N) is 1. The Morgan fingerprint density at radius 3 is 3.18 bits per heavy atom. The van der Waals surface area contributed by atoms with E-state index in [-0.39, 0.29) is 17.8 Å². The minimum absolute atomic E-state index is 0.0394. The Hall–Kier alpha value is -1.56. The zero-order valence-electron chi connectivity index (χ0n) is 9.37. The lowest BCUT2D eigenvalue weighted by atomic mass is 10.2. The fourth-order valence-electron chi connectivity index (χ4n) is 2.11. The summed E-state index contributed by atoms with van der Waals surface area (Å²) >= 11 is 1.58. The molecule has 1 saturated heterocycles. The van der Waals surface area contributed by atoms with Gasteiger partial charge in [0.1, 0.15) is 0 Å². The van der Waals surface area contributed by atoms with Crippen LogP contribution in [0.5, 0.6) is 0 Å². The van der Waals surface area contributed by atoms with E-state index in [1.54, 1.807) is 16.2 Å². The second-order valence-corrected chi connectivity index (χ2v) is 4.86. The van der Waals surface area contributed by atoms with Crippen LogP contribution in [0.4, 0.5) is 0 Å². The third-order valence-corrected chi connectivity index (χ3v) is 3.70. The minimum Gasteiger partial charge on any atom is -0.409 e. The van der Waals surface area contributed by atoms with Gasteiger partial charge in [0.25, 0.3) is 0 Å². The monoisotopic (exact) mass is 253 g/mol. The SMILES string of the molecule is NC(=NO)C1CCCN1C(=O)Cc1ccsc1. The second kappa shape index (κ2) is 5.18. The predicted octanol–water partition coefficient (Wildman–Crippen LogP) is 1.03. The van der Waals surface area contributed by atoms with Crippen molar-refractivity contribution in [3.63, 3.8) is 0 Å². The van der Waals surface area contributed by atoms with Crippen LogP contribution in [-0.2, 0) is 11.2 Å². The standard InChI is InChI=1S/C11H15N3O2S/c12-11(13-16)9-2-1-4-14(9)10(15)6-8-3-5-17-7-8/h3,5,7,9,16H,1-2,4,6H2,(H2,12,13). The molecule has 0 saturated carbocycles. The van der Waals surface area contributed by atoms with Crippen LogP contribution in [0.15, 0.2) is 22.0 Å². The van der Waals surface area contributed by atoms with Gasteiger partial charge in [-0.2, -0.15) is 11.3 Å². The number of hydrogen-bond acceptors (Lipinski definition) is 4. The van der Waals surface area contributed by atoms with Crippen molar-refractivity contribution in [3.05, 3.63) is 22.4 Å². The molecule has 5 nitrogen and oxygen atoms in total. The molecule has 6 heteroatoms. The summed E-state index contributed by atoms with van der Waals surface area (Å²) in [5.74, 6) is 0.165. The summed E-state index contributed by atoms with van der Waals surface area (Å²) in [5, 5.41) is 15.6. The molecular weight excluding hydrogens is 238 g/mol. The van der Waals surface area contributed by atoms with Crippen molar-refractivity contribution in [1.29, 1.82) is 0 Å². The van der Waals surface area contributed by atoms with E-state index in [0.717, 1.165) is 18.4 Å². The molecule has 1 aliphatic heterocycles. The highest BCUT2D eigenvalue weighted by Gasteiger charge is 2.31. The lowest BCUT2D eigenvalue weighted by Gasteiger charge is -2.23. The van der Waals surface area contributed by atoms with Crippen LogP contribution in [-0.4, -0.2) is 34.4 Å². The molecule has 0 radical (unpaired) electrons. The molecule has 1 atom stereocenters.